The summed E-state index contributed by atoms with van der Waals surface area (Å²) < 4.78 is 70.9. The van der Waals surface area contributed by atoms with Gasteiger partial charge in [-0.15, -0.1) is 0 Å². The van der Waals surface area contributed by atoms with Crippen molar-refractivity contribution in [3.63, 3.8) is 0 Å². The second-order valence-electron chi connectivity index (χ2n) is 7.47. The minimum atomic E-state index is -2.72. The fourth-order valence-corrected chi connectivity index (χ4v) is 4.06. The molecule has 0 spiro atoms. The molecule has 4 rings (SSSR count). The third-order valence-corrected chi connectivity index (χ3v) is 5.47. The van der Waals surface area contributed by atoms with Crippen molar-refractivity contribution in [1.82, 2.24) is 4.57 Å². The predicted molar refractivity (Wildman–Crippen MR) is 123 cm³/mol. The fourth-order valence-electron chi connectivity index (χ4n) is 4.06. The zero-order valence-corrected chi connectivity index (χ0v) is 17.2. The number of aryl methyl sites for hydroxylation is 2. The third kappa shape index (κ3) is 3.17. The number of rotatable bonds is 4. The highest BCUT2D eigenvalue weighted by atomic mass is 15.2. The Morgan fingerprint density at radius 1 is 0.862 bits per heavy atom. The Morgan fingerprint density at radius 2 is 1.48 bits per heavy atom. The van der Waals surface area contributed by atoms with Gasteiger partial charge < -0.3 is 0 Å². The van der Waals surface area contributed by atoms with Crippen molar-refractivity contribution in [2.75, 3.05) is 0 Å². The Morgan fingerprint density at radius 3 is 2.14 bits per heavy atom. The van der Waals surface area contributed by atoms with E-state index < -0.39 is 25.5 Å². The van der Waals surface area contributed by atoms with Gasteiger partial charge in [0.05, 0.1) is 12.6 Å². The molecule has 3 aromatic carbocycles. The lowest BCUT2D eigenvalue weighted by Gasteiger charge is -2.18. The summed E-state index contributed by atoms with van der Waals surface area (Å²) in [5.41, 5.74) is 3.87. The molecular weight excluding hydrogens is 352 g/mol. The van der Waals surface area contributed by atoms with Crippen molar-refractivity contribution in [2.45, 2.75) is 46.3 Å². The molecule has 0 bridgehead atoms. The van der Waals surface area contributed by atoms with Gasteiger partial charge in [-0.1, -0.05) is 76.1 Å². The first-order valence-electron chi connectivity index (χ1n) is 13.7. The summed E-state index contributed by atoms with van der Waals surface area (Å²) in [4.78, 5) is 0. The minimum Gasteiger partial charge on any atom is -0.225 e. The number of hydrogen-bond donors (Lipinski definition) is 0. The molecule has 0 amide bonds. The highest BCUT2D eigenvalue weighted by molar-refractivity contribution is 5.80. The number of fused-ring (bicyclic) bond motifs is 1. The van der Waals surface area contributed by atoms with Gasteiger partial charge in [0.1, 0.15) is 5.69 Å². The van der Waals surface area contributed by atoms with E-state index >= 15 is 0 Å². The molecule has 1 heterocycles. The van der Waals surface area contributed by atoms with E-state index in [1.807, 2.05) is 71.6 Å². The standard InChI is InChI=1S/C27H31N2/c1-18(2)21-14-11-15-22(19(3)4)26(21)29-25-17-10-9-16-24(25)28(6)27(29)23-13-8-7-12-20(23)5/h7-19H,1-6H3/q+1/i1D3,3D3,18D,19D. The van der Waals surface area contributed by atoms with Crippen molar-refractivity contribution < 1.29 is 15.5 Å². The van der Waals surface area contributed by atoms with Gasteiger partial charge >= 0.3 is 0 Å². The van der Waals surface area contributed by atoms with Crippen LogP contribution in [0, 0.1) is 6.92 Å². The Hall–Kier alpha value is -2.87. The maximum absolute atomic E-state index is 9.01. The first-order valence-corrected chi connectivity index (χ1v) is 9.71. The second-order valence-corrected chi connectivity index (χ2v) is 7.47. The fraction of sp³-hybridized carbons (Fsp3) is 0.296. The molecule has 0 saturated carbocycles. The predicted octanol–water partition coefficient (Wildman–Crippen LogP) is 6.68. The number of nitrogens with zero attached hydrogens (tertiary/aromatic N) is 2. The van der Waals surface area contributed by atoms with Crippen LogP contribution in [0.25, 0.3) is 28.1 Å². The summed E-state index contributed by atoms with van der Waals surface area (Å²) in [7, 11) is 1.90. The molecule has 2 atom stereocenters. The van der Waals surface area contributed by atoms with Crippen LogP contribution in [-0.4, -0.2) is 4.57 Å². The van der Waals surface area contributed by atoms with Crippen LogP contribution in [0.15, 0.2) is 66.7 Å². The van der Waals surface area contributed by atoms with Gasteiger partial charge in [-0.2, -0.15) is 4.57 Å². The number of benzene rings is 3. The molecule has 0 radical (unpaired) electrons. The molecule has 29 heavy (non-hydrogen) atoms. The van der Waals surface area contributed by atoms with Gasteiger partial charge in [0.2, 0.25) is 0 Å². The highest BCUT2D eigenvalue weighted by Crippen LogP contribution is 2.36. The summed E-state index contributed by atoms with van der Waals surface area (Å²) in [6.45, 7) is -0.825. The van der Waals surface area contributed by atoms with E-state index in [9.17, 15) is 0 Å². The van der Waals surface area contributed by atoms with Gasteiger partial charge in [-0.25, -0.2) is 4.57 Å². The van der Waals surface area contributed by atoms with Crippen molar-refractivity contribution >= 4 is 11.0 Å². The maximum Gasteiger partial charge on any atom is 0.295 e. The van der Waals surface area contributed by atoms with Crippen LogP contribution in [-0.2, 0) is 7.05 Å². The Bertz CT molecular complexity index is 1430. The third-order valence-electron chi connectivity index (χ3n) is 5.47. The SMILES string of the molecule is [2H]C([2H])([2H])C([2H])(C)c1cccc(C([2H])(C)C([2H])([2H])[2H])c1-n1c(-c2ccccc2C)[n+](C)c2ccccc21. The highest BCUT2D eigenvalue weighted by Gasteiger charge is 2.30. The Kier molecular flexibility index (Phi) is 3.10. The second kappa shape index (κ2) is 7.51. The van der Waals surface area contributed by atoms with Crippen LogP contribution >= 0.6 is 0 Å². The van der Waals surface area contributed by atoms with E-state index in [4.69, 9.17) is 11.0 Å². The zero-order chi connectivity index (χ0) is 27.6. The van der Waals surface area contributed by atoms with E-state index in [1.54, 1.807) is 18.2 Å². The van der Waals surface area contributed by atoms with Crippen molar-refractivity contribution in [3.8, 4) is 17.1 Å². The number of aromatic nitrogens is 2. The average molecular weight is 392 g/mol. The molecule has 2 nitrogen and oxygen atoms in total. The van der Waals surface area contributed by atoms with E-state index in [2.05, 4.69) is 0 Å². The van der Waals surface area contributed by atoms with Gasteiger partial charge in [-0.3, -0.25) is 0 Å². The van der Waals surface area contributed by atoms with Crippen molar-refractivity contribution in [1.29, 1.82) is 0 Å². The summed E-state index contributed by atoms with van der Waals surface area (Å²) in [5.74, 6) is -3.48. The lowest BCUT2D eigenvalue weighted by Crippen LogP contribution is -2.30. The summed E-state index contributed by atoms with van der Waals surface area (Å²) in [5, 5.41) is 0. The van der Waals surface area contributed by atoms with Crippen LogP contribution in [0.3, 0.4) is 0 Å². The molecule has 0 aliphatic carbocycles. The Labute approximate surface area is 185 Å². The Balaban J connectivity index is 2.30. The molecule has 0 saturated heterocycles. The lowest BCUT2D eigenvalue weighted by molar-refractivity contribution is -0.633. The van der Waals surface area contributed by atoms with E-state index in [0.717, 1.165) is 16.6 Å². The molecule has 4 aromatic rings. The van der Waals surface area contributed by atoms with E-state index in [-0.39, 0.29) is 16.8 Å². The summed E-state index contributed by atoms with van der Waals surface area (Å²) in [6, 6.07) is 20.0. The minimum absolute atomic E-state index is 0.129. The van der Waals surface area contributed by atoms with Crippen LogP contribution in [0.5, 0.6) is 0 Å². The van der Waals surface area contributed by atoms with Crippen molar-refractivity contribution in [2.24, 2.45) is 7.05 Å². The normalized spacial score (nSPS) is 20.7. The summed E-state index contributed by atoms with van der Waals surface area (Å²) in [6.07, 6.45) is 0. The van der Waals surface area contributed by atoms with Crippen molar-refractivity contribution in [3.05, 3.63) is 83.4 Å². The molecule has 0 aliphatic heterocycles. The van der Waals surface area contributed by atoms with Gasteiger partial charge in [-0.05, 0) is 42.5 Å². The molecule has 0 N–H and O–H groups in total. The van der Waals surface area contributed by atoms with Gasteiger partial charge in [0, 0.05) is 22.1 Å². The van der Waals surface area contributed by atoms with Crippen LogP contribution in [0.2, 0.25) is 0 Å². The quantitative estimate of drug-likeness (QED) is 0.343. The van der Waals surface area contributed by atoms with Crippen LogP contribution in [0.4, 0.5) is 0 Å². The average Bonchev–Trinajstić information content (AvgIpc) is 3.09. The topological polar surface area (TPSA) is 8.81 Å². The van der Waals surface area contributed by atoms with Crippen LogP contribution < -0.4 is 4.57 Å². The summed E-state index contributed by atoms with van der Waals surface area (Å²) >= 11 is 0. The monoisotopic (exact) mass is 391 g/mol. The molecular formula is C27H31N2+. The van der Waals surface area contributed by atoms with E-state index in [1.165, 1.54) is 13.8 Å². The molecule has 148 valence electrons. The lowest BCUT2D eigenvalue weighted by atomic mass is 9.92. The number of hydrogen-bond acceptors (Lipinski definition) is 0. The first-order chi connectivity index (χ1) is 17.0. The van der Waals surface area contributed by atoms with Gasteiger partial charge in [0.15, 0.2) is 11.0 Å². The zero-order valence-electron chi connectivity index (χ0n) is 25.2. The number of para-hydroxylation sites is 3. The van der Waals surface area contributed by atoms with E-state index in [0.29, 0.717) is 11.3 Å². The van der Waals surface area contributed by atoms with Crippen LogP contribution in [0.1, 0.15) is 67.0 Å². The molecule has 2 heteroatoms. The smallest absolute Gasteiger partial charge is 0.225 e. The maximum atomic E-state index is 9.01. The molecule has 1 aromatic heterocycles. The molecule has 0 aliphatic rings. The largest absolute Gasteiger partial charge is 0.295 e. The van der Waals surface area contributed by atoms with Gasteiger partial charge in [0.25, 0.3) is 5.82 Å². The molecule has 2 unspecified atom stereocenters. The first kappa shape index (κ1) is 12.0. The number of imidazole rings is 1. The molecule has 0 fully saturated rings.